The zero-order chi connectivity index (χ0) is 12.8. The summed E-state index contributed by atoms with van der Waals surface area (Å²) in [4.78, 5) is 5.30. The van der Waals surface area contributed by atoms with Crippen LogP contribution in [-0.4, -0.2) is 13.0 Å². The Hall–Kier alpha value is -0.730. The minimum atomic E-state index is 0. The van der Waals surface area contributed by atoms with Crippen molar-refractivity contribution in [1.29, 1.82) is 0 Å². The molecule has 0 aliphatic heterocycles. The minimum Gasteiger partial charge on any atom is -0.467 e. The number of rotatable bonds is 4. The first-order chi connectivity index (χ1) is 8.78. The Balaban J connectivity index is 0.00000180. The van der Waals surface area contributed by atoms with Crippen LogP contribution in [0.3, 0.4) is 0 Å². The molecule has 2 heterocycles. The smallest absolute Gasteiger partial charge is 0.191 e. The van der Waals surface area contributed by atoms with Crippen molar-refractivity contribution in [1.82, 2.24) is 10.6 Å². The zero-order valence-corrected chi connectivity index (χ0v) is 14.3. The maximum Gasteiger partial charge on any atom is 0.191 e. The molecular formula is C12H15ClIN3OS. The maximum atomic E-state index is 5.87. The normalized spacial score (nSPS) is 10.9. The summed E-state index contributed by atoms with van der Waals surface area (Å²) < 4.78 is 6.03. The van der Waals surface area contributed by atoms with E-state index in [0.29, 0.717) is 13.1 Å². The number of halogens is 2. The predicted molar refractivity (Wildman–Crippen MR) is 90.5 cm³/mol. The topological polar surface area (TPSA) is 49.6 Å². The van der Waals surface area contributed by atoms with Crippen LogP contribution in [-0.2, 0) is 13.1 Å². The van der Waals surface area contributed by atoms with E-state index in [0.717, 1.165) is 16.1 Å². The van der Waals surface area contributed by atoms with E-state index in [4.69, 9.17) is 16.0 Å². The highest BCUT2D eigenvalue weighted by Crippen LogP contribution is 2.20. The van der Waals surface area contributed by atoms with Gasteiger partial charge in [0.1, 0.15) is 5.76 Å². The third-order valence-corrected chi connectivity index (χ3v) is 3.52. The summed E-state index contributed by atoms with van der Waals surface area (Å²) in [6.07, 6.45) is 1.65. The van der Waals surface area contributed by atoms with Gasteiger partial charge >= 0.3 is 0 Å². The summed E-state index contributed by atoms with van der Waals surface area (Å²) in [5, 5.41) is 6.38. The van der Waals surface area contributed by atoms with Gasteiger partial charge < -0.3 is 15.1 Å². The molecular weight excluding hydrogens is 397 g/mol. The van der Waals surface area contributed by atoms with Crippen molar-refractivity contribution < 1.29 is 4.42 Å². The second-order valence-corrected chi connectivity index (χ2v) is 5.36. The molecule has 2 rings (SSSR count). The Morgan fingerprint density at radius 2 is 2.11 bits per heavy atom. The number of aliphatic imine (C=N–C) groups is 1. The molecule has 2 aromatic rings. The molecule has 0 aromatic carbocycles. The lowest BCUT2D eigenvalue weighted by molar-refractivity contribution is 0.501. The molecule has 0 aliphatic rings. The van der Waals surface area contributed by atoms with Crippen LogP contribution in [0.2, 0.25) is 4.34 Å². The Bertz CT molecular complexity index is 513. The Morgan fingerprint density at radius 3 is 2.68 bits per heavy atom. The summed E-state index contributed by atoms with van der Waals surface area (Å²) in [7, 11) is 1.73. The van der Waals surface area contributed by atoms with Crippen molar-refractivity contribution in [2.75, 3.05) is 7.05 Å². The second kappa shape index (κ2) is 8.44. The lowest BCUT2D eigenvalue weighted by Crippen LogP contribution is -2.36. The van der Waals surface area contributed by atoms with Gasteiger partial charge in [-0.2, -0.15) is 0 Å². The van der Waals surface area contributed by atoms with Crippen molar-refractivity contribution >= 4 is 52.9 Å². The maximum absolute atomic E-state index is 5.87. The van der Waals surface area contributed by atoms with Crippen molar-refractivity contribution in [2.24, 2.45) is 4.99 Å². The van der Waals surface area contributed by atoms with E-state index in [-0.39, 0.29) is 24.0 Å². The summed E-state index contributed by atoms with van der Waals surface area (Å²) in [5.41, 5.74) is 0. The molecule has 0 unspecified atom stereocenters. The van der Waals surface area contributed by atoms with E-state index in [9.17, 15) is 0 Å². The van der Waals surface area contributed by atoms with Gasteiger partial charge in [-0.25, -0.2) is 0 Å². The van der Waals surface area contributed by atoms with Gasteiger partial charge in [-0.3, -0.25) is 4.99 Å². The summed E-state index contributed by atoms with van der Waals surface area (Å²) in [5.74, 6) is 1.60. The molecule has 19 heavy (non-hydrogen) atoms. The fraction of sp³-hybridized carbons (Fsp3) is 0.250. The fourth-order valence-corrected chi connectivity index (χ4v) is 2.45. The summed E-state index contributed by atoms with van der Waals surface area (Å²) >= 11 is 7.43. The zero-order valence-electron chi connectivity index (χ0n) is 10.4. The Morgan fingerprint density at radius 1 is 1.32 bits per heavy atom. The summed E-state index contributed by atoms with van der Waals surface area (Å²) in [6, 6.07) is 7.67. The van der Waals surface area contributed by atoms with Crippen LogP contribution in [0, 0.1) is 0 Å². The predicted octanol–water partition coefficient (Wildman–Crippen LogP) is 3.48. The molecule has 0 fully saturated rings. The number of hydrogen-bond acceptors (Lipinski definition) is 3. The van der Waals surface area contributed by atoms with Crippen LogP contribution in [0.25, 0.3) is 0 Å². The van der Waals surface area contributed by atoms with Gasteiger partial charge in [0.05, 0.1) is 23.7 Å². The van der Waals surface area contributed by atoms with Gasteiger partial charge in [0.15, 0.2) is 5.96 Å². The van der Waals surface area contributed by atoms with Gasteiger partial charge in [0, 0.05) is 11.9 Å². The number of furan rings is 1. The first-order valence-electron chi connectivity index (χ1n) is 5.49. The molecule has 4 nitrogen and oxygen atoms in total. The standard InChI is InChI=1S/C12H14ClN3OS.HI/c1-14-12(15-7-9-3-2-6-17-9)16-8-10-4-5-11(13)18-10;/h2-6H,7-8H2,1H3,(H2,14,15,16);1H. The van der Waals surface area contributed by atoms with Crippen LogP contribution in [0.4, 0.5) is 0 Å². The number of nitrogens with zero attached hydrogens (tertiary/aromatic N) is 1. The van der Waals surface area contributed by atoms with Gasteiger partial charge in [-0.05, 0) is 24.3 Å². The van der Waals surface area contributed by atoms with Crippen LogP contribution >= 0.6 is 46.9 Å². The van der Waals surface area contributed by atoms with Crippen LogP contribution in [0.5, 0.6) is 0 Å². The van der Waals surface area contributed by atoms with Crippen molar-refractivity contribution in [2.45, 2.75) is 13.1 Å². The van der Waals surface area contributed by atoms with Gasteiger partial charge in [-0.1, -0.05) is 11.6 Å². The molecule has 2 N–H and O–H groups in total. The molecule has 0 atom stereocenters. The second-order valence-electron chi connectivity index (χ2n) is 3.56. The first-order valence-corrected chi connectivity index (χ1v) is 6.68. The molecule has 0 saturated carbocycles. The number of hydrogen-bond donors (Lipinski definition) is 2. The third-order valence-electron chi connectivity index (χ3n) is 2.29. The van der Waals surface area contributed by atoms with E-state index in [2.05, 4.69) is 15.6 Å². The molecule has 7 heteroatoms. The number of nitrogens with one attached hydrogen (secondary N) is 2. The largest absolute Gasteiger partial charge is 0.467 e. The molecule has 0 spiro atoms. The van der Waals surface area contributed by atoms with Gasteiger partial charge in [-0.15, -0.1) is 35.3 Å². The average molecular weight is 412 g/mol. The molecule has 2 aromatic heterocycles. The highest BCUT2D eigenvalue weighted by molar-refractivity contribution is 14.0. The van der Waals surface area contributed by atoms with E-state index < -0.39 is 0 Å². The van der Waals surface area contributed by atoms with Gasteiger partial charge in [0.2, 0.25) is 0 Å². The Labute approximate surface area is 138 Å². The van der Waals surface area contributed by atoms with Crippen LogP contribution < -0.4 is 10.6 Å². The van der Waals surface area contributed by atoms with Crippen molar-refractivity contribution in [3.8, 4) is 0 Å². The lowest BCUT2D eigenvalue weighted by atomic mass is 10.4. The van der Waals surface area contributed by atoms with Crippen LogP contribution in [0.15, 0.2) is 39.9 Å². The SMILES string of the molecule is CN=C(NCc1ccco1)NCc1ccc(Cl)s1.I. The van der Waals surface area contributed by atoms with Crippen molar-refractivity contribution in [3.63, 3.8) is 0 Å². The highest BCUT2D eigenvalue weighted by Gasteiger charge is 2.02. The van der Waals surface area contributed by atoms with Gasteiger partial charge in [0.25, 0.3) is 0 Å². The van der Waals surface area contributed by atoms with E-state index in [1.165, 1.54) is 4.88 Å². The molecule has 0 aliphatic carbocycles. The fourth-order valence-electron chi connectivity index (χ4n) is 1.42. The highest BCUT2D eigenvalue weighted by atomic mass is 127. The molecule has 104 valence electrons. The number of guanidine groups is 1. The molecule has 0 saturated heterocycles. The Kier molecular flexibility index (Phi) is 7.25. The quantitative estimate of drug-likeness (QED) is 0.460. The lowest BCUT2D eigenvalue weighted by Gasteiger charge is -2.09. The van der Waals surface area contributed by atoms with E-state index >= 15 is 0 Å². The van der Waals surface area contributed by atoms with Crippen molar-refractivity contribution in [3.05, 3.63) is 45.5 Å². The van der Waals surface area contributed by atoms with E-state index in [1.807, 2.05) is 24.3 Å². The third kappa shape index (κ3) is 5.42. The average Bonchev–Trinajstić information content (AvgIpc) is 3.01. The van der Waals surface area contributed by atoms with Crippen LogP contribution in [0.1, 0.15) is 10.6 Å². The first kappa shape index (κ1) is 16.3. The molecule has 0 amide bonds. The van der Waals surface area contributed by atoms with E-state index in [1.54, 1.807) is 24.6 Å². The molecule has 0 bridgehead atoms. The number of thiophene rings is 1. The monoisotopic (exact) mass is 411 g/mol. The minimum absolute atomic E-state index is 0. The molecule has 0 radical (unpaired) electrons. The summed E-state index contributed by atoms with van der Waals surface area (Å²) in [6.45, 7) is 1.31.